The van der Waals surface area contributed by atoms with Crippen molar-refractivity contribution >= 4 is 28.3 Å². The minimum absolute atomic E-state index is 0. The largest absolute Gasteiger partial charge is 0.368 e. The molecule has 1 atom stereocenters. The molecule has 1 heterocycles. The molecule has 5 nitrogen and oxygen atoms in total. The predicted octanol–water partition coefficient (Wildman–Crippen LogP) is 0.747. The van der Waals surface area contributed by atoms with Crippen LogP contribution in [0.3, 0.4) is 0 Å². The monoisotopic (exact) mass is 290 g/mol. The average molecular weight is 291 g/mol. The quantitative estimate of drug-likeness (QED) is 0.892. The van der Waals surface area contributed by atoms with Gasteiger partial charge in [0.1, 0.15) is 6.04 Å². The van der Waals surface area contributed by atoms with E-state index in [0.717, 1.165) is 0 Å². The summed E-state index contributed by atoms with van der Waals surface area (Å²) in [5.41, 5.74) is 5.22. The summed E-state index contributed by atoms with van der Waals surface area (Å²) >= 11 is 0. The van der Waals surface area contributed by atoms with Crippen LogP contribution in [0.5, 0.6) is 0 Å². The van der Waals surface area contributed by atoms with Gasteiger partial charge in [-0.25, -0.2) is 8.42 Å². The molecule has 0 spiro atoms. The number of sulfonamides is 1. The van der Waals surface area contributed by atoms with Gasteiger partial charge in [-0.2, -0.15) is 4.31 Å². The van der Waals surface area contributed by atoms with E-state index >= 15 is 0 Å². The molecule has 18 heavy (non-hydrogen) atoms. The molecule has 0 saturated carbocycles. The molecule has 2 N–H and O–H groups in total. The number of rotatable bonds is 3. The molecule has 0 aromatic heterocycles. The molecule has 1 aromatic rings. The Hall–Kier alpha value is -1.11. The number of amides is 1. The van der Waals surface area contributed by atoms with E-state index in [1.54, 1.807) is 18.2 Å². The fourth-order valence-corrected chi connectivity index (χ4v) is 3.73. The van der Waals surface area contributed by atoms with Gasteiger partial charge in [0.2, 0.25) is 15.9 Å². The van der Waals surface area contributed by atoms with Crippen LogP contribution in [0.2, 0.25) is 0 Å². The zero-order valence-corrected chi connectivity index (χ0v) is 11.3. The van der Waals surface area contributed by atoms with Gasteiger partial charge in [0.05, 0.1) is 4.90 Å². The Morgan fingerprint density at radius 1 is 1.28 bits per heavy atom. The summed E-state index contributed by atoms with van der Waals surface area (Å²) in [6.07, 6.45) is 1.17. The zero-order valence-electron chi connectivity index (χ0n) is 9.65. The van der Waals surface area contributed by atoms with Crippen LogP contribution >= 0.6 is 12.4 Å². The molecule has 1 fully saturated rings. The number of hydrogen-bond donors (Lipinski definition) is 1. The van der Waals surface area contributed by atoms with Crippen LogP contribution in [-0.4, -0.2) is 31.2 Å². The minimum Gasteiger partial charge on any atom is -0.368 e. The summed E-state index contributed by atoms with van der Waals surface area (Å²) in [4.78, 5) is 11.4. The SMILES string of the molecule is Cl.NC(=O)C1CCCN1S(=O)(=O)c1ccccc1. The summed E-state index contributed by atoms with van der Waals surface area (Å²) in [5, 5.41) is 0. The Bertz CT molecular complexity index is 518. The summed E-state index contributed by atoms with van der Waals surface area (Å²) in [7, 11) is -3.60. The van der Waals surface area contributed by atoms with Crippen LogP contribution in [0.4, 0.5) is 0 Å². The van der Waals surface area contributed by atoms with Crippen LogP contribution in [0.25, 0.3) is 0 Å². The maximum atomic E-state index is 12.3. The Morgan fingerprint density at radius 3 is 2.44 bits per heavy atom. The molecule has 1 aliphatic rings. The lowest BCUT2D eigenvalue weighted by atomic mass is 10.2. The van der Waals surface area contributed by atoms with Crippen molar-refractivity contribution in [2.75, 3.05) is 6.54 Å². The molecule has 0 bridgehead atoms. The van der Waals surface area contributed by atoms with Crippen LogP contribution in [0.15, 0.2) is 35.2 Å². The fourth-order valence-electron chi connectivity index (χ4n) is 2.04. The normalized spacial score (nSPS) is 20.3. The number of halogens is 1. The molecule has 1 unspecified atom stereocenters. The first-order valence-corrected chi connectivity index (χ1v) is 6.83. The first-order chi connectivity index (χ1) is 8.03. The molecule has 1 aromatic carbocycles. The third-order valence-electron chi connectivity index (χ3n) is 2.88. The Labute approximate surface area is 112 Å². The highest BCUT2D eigenvalue weighted by Crippen LogP contribution is 2.25. The maximum absolute atomic E-state index is 12.3. The van der Waals surface area contributed by atoms with Crippen molar-refractivity contribution in [3.8, 4) is 0 Å². The molecular weight excluding hydrogens is 276 g/mol. The van der Waals surface area contributed by atoms with Crippen LogP contribution in [0.1, 0.15) is 12.8 Å². The van der Waals surface area contributed by atoms with Gasteiger partial charge >= 0.3 is 0 Å². The van der Waals surface area contributed by atoms with Gasteiger partial charge in [0, 0.05) is 6.54 Å². The summed E-state index contributed by atoms with van der Waals surface area (Å²) < 4.78 is 25.7. The molecule has 1 saturated heterocycles. The van der Waals surface area contributed by atoms with E-state index < -0.39 is 22.0 Å². The van der Waals surface area contributed by atoms with E-state index in [1.165, 1.54) is 16.4 Å². The molecule has 100 valence electrons. The van der Waals surface area contributed by atoms with Gasteiger partial charge in [-0.05, 0) is 25.0 Å². The van der Waals surface area contributed by atoms with Gasteiger partial charge in [0.15, 0.2) is 0 Å². The number of nitrogens with two attached hydrogens (primary N) is 1. The molecule has 2 rings (SSSR count). The maximum Gasteiger partial charge on any atom is 0.243 e. The molecule has 0 radical (unpaired) electrons. The van der Waals surface area contributed by atoms with Crippen molar-refractivity contribution < 1.29 is 13.2 Å². The highest BCUT2D eigenvalue weighted by molar-refractivity contribution is 7.89. The van der Waals surface area contributed by atoms with Gasteiger partial charge < -0.3 is 5.73 Å². The van der Waals surface area contributed by atoms with Crippen molar-refractivity contribution in [2.45, 2.75) is 23.8 Å². The highest BCUT2D eigenvalue weighted by atomic mass is 35.5. The van der Waals surface area contributed by atoms with Crippen molar-refractivity contribution in [3.05, 3.63) is 30.3 Å². The van der Waals surface area contributed by atoms with Gasteiger partial charge in [-0.15, -0.1) is 12.4 Å². The summed E-state index contributed by atoms with van der Waals surface area (Å²) in [5.74, 6) is -0.581. The standard InChI is InChI=1S/C11H14N2O3S.ClH/c12-11(14)10-7-4-8-13(10)17(15,16)9-5-2-1-3-6-9;/h1-3,5-6,10H,4,7-8H2,(H2,12,14);1H. The van der Waals surface area contributed by atoms with Crippen molar-refractivity contribution in [1.29, 1.82) is 0 Å². The number of hydrogen-bond acceptors (Lipinski definition) is 3. The molecule has 7 heteroatoms. The van der Waals surface area contributed by atoms with Crippen LogP contribution < -0.4 is 5.73 Å². The first-order valence-electron chi connectivity index (χ1n) is 5.39. The van der Waals surface area contributed by atoms with E-state index in [4.69, 9.17) is 5.73 Å². The van der Waals surface area contributed by atoms with E-state index in [1.807, 2.05) is 0 Å². The summed E-state index contributed by atoms with van der Waals surface area (Å²) in [6, 6.07) is 7.39. The molecular formula is C11H15ClN2O3S. The topological polar surface area (TPSA) is 80.5 Å². The van der Waals surface area contributed by atoms with Crippen molar-refractivity contribution in [3.63, 3.8) is 0 Å². The highest BCUT2D eigenvalue weighted by Gasteiger charge is 2.38. The lowest BCUT2D eigenvalue weighted by Gasteiger charge is -2.21. The number of carbonyl (C=O) groups excluding carboxylic acids is 1. The van der Waals surface area contributed by atoms with E-state index in [9.17, 15) is 13.2 Å². The minimum atomic E-state index is -3.60. The Balaban J connectivity index is 0.00000162. The number of benzene rings is 1. The van der Waals surface area contributed by atoms with Gasteiger partial charge in [-0.1, -0.05) is 18.2 Å². The Morgan fingerprint density at radius 2 is 1.89 bits per heavy atom. The zero-order chi connectivity index (χ0) is 12.5. The van der Waals surface area contributed by atoms with Crippen molar-refractivity contribution in [2.24, 2.45) is 5.73 Å². The number of carbonyl (C=O) groups is 1. The number of primary amides is 1. The van der Waals surface area contributed by atoms with E-state index in [-0.39, 0.29) is 17.3 Å². The molecule has 1 aliphatic heterocycles. The second kappa shape index (κ2) is 5.69. The van der Waals surface area contributed by atoms with E-state index in [0.29, 0.717) is 19.4 Å². The van der Waals surface area contributed by atoms with Gasteiger partial charge in [-0.3, -0.25) is 4.79 Å². The van der Waals surface area contributed by atoms with Crippen LogP contribution in [0, 0.1) is 0 Å². The predicted molar refractivity (Wildman–Crippen MR) is 69.8 cm³/mol. The third-order valence-corrected chi connectivity index (χ3v) is 4.80. The van der Waals surface area contributed by atoms with Gasteiger partial charge in [0.25, 0.3) is 0 Å². The number of nitrogens with zero attached hydrogens (tertiary/aromatic N) is 1. The summed E-state index contributed by atoms with van der Waals surface area (Å²) in [6.45, 7) is 0.352. The van der Waals surface area contributed by atoms with Crippen LogP contribution in [-0.2, 0) is 14.8 Å². The second-order valence-corrected chi connectivity index (χ2v) is 5.88. The average Bonchev–Trinajstić information content (AvgIpc) is 2.80. The third kappa shape index (κ3) is 2.66. The second-order valence-electron chi connectivity index (χ2n) is 3.99. The lowest BCUT2D eigenvalue weighted by molar-refractivity contribution is -0.121. The fraction of sp³-hybridized carbons (Fsp3) is 0.364. The lowest BCUT2D eigenvalue weighted by Crippen LogP contribution is -2.43. The molecule has 0 aliphatic carbocycles. The Kier molecular flexibility index (Phi) is 4.72. The smallest absolute Gasteiger partial charge is 0.243 e. The van der Waals surface area contributed by atoms with E-state index in [2.05, 4.69) is 0 Å². The molecule has 1 amide bonds. The van der Waals surface area contributed by atoms with Crippen molar-refractivity contribution in [1.82, 2.24) is 4.31 Å². The first kappa shape index (κ1) is 14.9.